The van der Waals surface area contributed by atoms with Crippen LogP contribution in [0.4, 0.5) is 10.5 Å². The lowest BCUT2D eigenvalue weighted by Gasteiger charge is -2.24. The number of carbonyl (C=O) groups excluding carboxylic acids is 1. The second-order valence-corrected chi connectivity index (χ2v) is 6.81. The molecule has 3 N–H and O–H groups in total. The van der Waals surface area contributed by atoms with Gasteiger partial charge in [0.1, 0.15) is 11.4 Å². The molecule has 0 bridgehead atoms. The molecule has 0 aliphatic carbocycles. The second kappa shape index (κ2) is 6.25. The summed E-state index contributed by atoms with van der Waals surface area (Å²) in [5.74, 6) is -1.03. The zero-order valence-corrected chi connectivity index (χ0v) is 13.6. The Morgan fingerprint density at radius 1 is 1.18 bits per heavy atom. The molecule has 22 heavy (non-hydrogen) atoms. The predicted molar refractivity (Wildman–Crippen MR) is 83.2 cm³/mol. The first-order chi connectivity index (χ1) is 9.90. The molecule has 0 saturated carbocycles. The summed E-state index contributed by atoms with van der Waals surface area (Å²) in [7, 11) is 0. The minimum absolute atomic E-state index is 0.0658. The molecule has 0 fully saturated rings. The van der Waals surface area contributed by atoms with Crippen molar-refractivity contribution in [3.8, 4) is 5.75 Å². The zero-order chi connectivity index (χ0) is 17.1. The molecule has 1 amide bonds. The third-order valence-electron chi connectivity index (χ3n) is 3.01. The number of carboxylic acid groups (broad SMARTS) is 1. The van der Waals surface area contributed by atoms with Crippen molar-refractivity contribution in [2.45, 2.75) is 52.1 Å². The fourth-order valence-electron chi connectivity index (χ4n) is 1.95. The van der Waals surface area contributed by atoms with Crippen LogP contribution in [0.15, 0.2) is 18.2 Å². The van der Waals surface area contributed by atoms with E-state index < -0.39 is 23.1 Å². The lowest BCUT2D eigenvalue weighted by Crippen LogP contribution is -2.27. The summed E-state index contributed by atoms with van der Waals surface area (Å²) in [5.41, 5.74) is -0.409. The Morgan fingerprint density at radius 2 is 1.77 bits per heavy atom. The fourth-order valence-corrected chi connectivity index (χ4v) is 1.95. The largest absolute Gasteiger partial charge is 0.506 e. The normalized spacial score (nSPS) is 11.9. The number of nitrogens with one attached hydrogen (secondary N) is 1. The summed E-state index contributed by atoms with van der Waals surface area (Å²) in [4.78, 5) is 22.7. The van der Waals surface area contributed by atoms with Crippen LogP contribution in [0.25, 0.3) is 0 Å². The van der Waals surface area contributed by atoms with Crippen LogP contribution in [0.2, 0.25) is 0 Å². The summed E-state index contributed by atoms with van der Waals surface area (Å²) >= 11 is 0. The highest BCUT2D eigenvalue weighted by molar-refractivity contribution is 5.87. The lowest BCUT2D eigenvalue weighted by molar-refractivity contribution is -0.138. The SMILES string of the molecule is CC(C)(C)OC(=O)Nc1cc(C(C)(C)CC(=O)O)ccc1O. The molecule has 1 aromatic rings. The molecule has 0 saturated heterocycles. The van der Waals surface area contributed by atoms with Gasteiger partial charge in [-0.3, -0.25) is 10.1 Å². The van der Waals surface area contributed by atoms with E-state index in [1.54, 1.807) is 46.8 Å². The standard InChI is InChI=1S/C16H23NO5/c1-15(2,3)22-14(21)17-11-8-10(6-7-12(11)18)16(4,5)9-13(19)20/h6-8,18H,9H2,1-5H3,(H,17,21)(H,19,20). The van der Waals surface area contributed by atoms with E-state index in [2.05, 4.69) is 5.32 Å². The van der Waals surface area contributed by atoms with E-state index in [1.807, 2.05) is 0 Å². The summed E-state index contributed by atoms with van der Waals surface area (Å²) in [6, 6.07) is 4.62. The highest BCUT2D eigenvalue weighted by Crippen LogP contribution is 2.33. The van der Waals surface area contributed by atoms with Crippen LogP contribution in [0.3, 0.4) is 0 Å². The van der Waals surface area contributed by atoms with Gasteiger partial charge in [-0.15, -0.1) is 0 Å². The number of carboxylic acids is 1. The maximum Gasteiger partial charge on any atom is 0.412 e. The molecule has 0 unspecified atom stereocenters. The minimum Gasteiger partial charge on any atom is -0.506 e. The second-order valence-electron chi connectivity index (χ2n) is 6.81. The Hall–Kier alpha value is -2.24. The number of rotatable bonds is 4. The van der Waals surface area contributed by atoms with E-state index in [0.717, 1.165) is 0 Å². The quantitative estimate of drug-likeness (QED) is 0.740. The smallest absolute Gasteiger partial charge is 0.412 e. The lowest BCUT2D eigenvalue weighted by atomic mass is 9.81. The van der Waals surface area contributed by atoms with Gasteiger partial charge in [-0.1, -0.05) is 19.9 Å². The number of hydrogen-bond acceptors (Lipinski definition) is 4. The first-order valence-corrected chi connectivity index (χ1v) is 6.96. The molecule has 6 heteroatoms. The van der Waals surface area contributed by atoms with Gasteiger partial charge in [0.25, 0.3) is 0 Å². The van der Waals surface area contributed by atoms with Gasteiger partial charge in [0, 0.05) is 5.41 Å². The number of amides is 1. The average Bonchev–Trinajstić information content (AvgIpc) is 2.27. The van der Waals surface area contributed by atoms with Gasteiger partial charge in [-0.2, -0.15) is 0 Å². The predicted octanol–water partition coefficient (Wildman–Crippen LogP) is 3.49. The van der Waals surface area contributed by atoms with Crippen molar-refractivity contribution in [3.05, 3.63) is 23.8 Å². The van der Waals surface area contributed by atoms with Crippen molar-refractivity contribution >= 4 is 17.7 Å². The molecule has 1 rings (SSSR count). The van der Waals surface area contributed by atoms with Gasteiger partial charge < -0.3 is 14.9 Å². The van der Waals surface area contributed by atoms with Crippen LogP contribution in [-0.4, -0.2) is 27.9 Å². The van der Waals surface area contributed by atoms with E-state index >= 15 is 0 Å². The van der Waals surface area contributed by atoms with E-state index in [9.17, 15) is 14.7 Å². The van der Waals surface area contributed by atoms with Crippen LogP contribution in [0.1, 0.15) is 46.6 Å². The van der Waals surface area contributed by atoms with Gasteiger partial charge in [-0.25, -0.2) is 4.79 Å². The van der Waals surface area contributed by atoms with Crippen molar-refractivity contribution in [2.75, 3.05) is 5.32 Å². The molecular weight excluding hydrogens is 286 g/mol. The molecule has 0 atom stereocenters. The summed E-state index contributed by atoms with van der Waals surface area (Å²) < 4.78 is 5.13. The van der Waals surface area contributed by atoms with Gasteiger partial charge in [0.05, 0.1) is 12.1 Å². The molecule has 1 aromatic carbocycles. The van der Waals surface area contributed by atoms with Crippen LogP contribution in [0, 0.1) is 0 Å². The van der Waals surface area contributed by atoms with Crippen molar-refractivity contribution in [1.82, 2.24) is 0 Å². The number of aromatic hydroxyl groups is 1. The minimum atomic E-state index is -0.917. The van der Waals surface area contributed by atoms with Gasteiger partial charge in [0.2, 0.25) is 0 Å². The number of carbonyl (C=O) groups is 2. The number of aliphatic carboxylic acids is 1. The first kappa shape index (κ1) is 17.8. The van der Waals surface area contributed by atoms with E-state index in [1.165, 1.54) is 6.07 Å². The Bertz CT molecular complexity index is 572. The highest BCUT2D eigenvalue weighted by atomic mass is 16.6. The van der Waals surface area contributed by atoms with E-state index in [4.69, 9.17) is 9.84 Å². The molecule has 0 aliphatic heterocycles. The van der Waals surface area contributed by atoms with Crippen molar-refractivity contribution in [1.29, 1.82) is 0 Å². The number of ether oxygens (including phenoxy) is 1. The number of phenols is 1. The fraction of sp³-hybridized carbons (Fsp3) is 0.500. The number of anilines is 1. The maximum absolute atomic E-state index is 11.8. The Morgan fingerprint density at radius 3 is 2.27 bits per heavy atom. The topological polar surface area (TPSA) is 95.9 Å². The van der Waals surface area contributed by atoms with Crippen LogP contribution >= 0.6 is 0 Å². The van der Waals surface area contributed by atoms with Crippen LogP contribution in [-0.2, 0) is 14.9 Å². The van der Waals surface area contributed by atoms with E-state index in [-0.39, 0.29) is 17.9 Å². The van der Waals surface area contributed by atoms with Crippen LogP contribution in [0.5, 0.6) is 5.75 Å². The zero-order valence-electron chi connectivity index (χ0n) is 13.6. The van der Waals surface area contributed by atoms with Crippen molar-refractivity contribution in [2.24, 2.45) is 0 Å². The number of hydrogen-bond donors (Lipinski definition) is 3. The monoisotopic (exact) mass is 309 g/mol. The highest BCUT2D eigenvalue weighted by Gasteiger charge is 2.25. The van der Waals surface area contributed by atoms with Gasteiger partial charge >= 0.3 is 12.1 Å². The van der Waals surface area contributed by atoms with Gasteiger partial charge in [0.15, 0.2) is 0 Å². The molecule has 0 aromatic heterocycles. The molecule has 6 nitrogen and oxygen atoms in total. The molecule has 0 heterocycles. The maximum atomic E-state index is 11.8. The summed E-state index contributed by atoms with van der Waals surface area (Å²) in [6.07, 6.45) is -0.750. The molecule has 0 radical (unpaired) electrons. The Balaban J connectivity index is 3.00. The molecular formula is C16H23NO5. The Kier molecular flexibility index (Phi) is 5.06. The van der Waals surface area contributed by atoms with Crippen molar-refractivity contribution in [3.63, 3.8) is 0 Å². The average molecular weight is 309 g/mol. The van der Waals surface area contributed by atoms with Crippen molar-refractivity contribution < 1.29 is 24.5 Å². The number of phenolic OH excluding ortho intramolecular Hbond substituents is 1. The third kappa shape index (κ3) is 5.27. The Labute approximate surface area is 130 Å². The third-order valence-corrected chi connectivity index (χ3v) is 3.01. The summed E-state index contributed by atoms with van der Waals surface area (Å²) in [5, 5.41) is 21.3. The molecule has 0 aliphatic rings. The summed E-state index contributed by atoms with van der Waals surface area (Å²) in [6.45, 7) is 8.77. The van der Waals surface area contributed by atoms with E-state index in [0.29, 0.717) is 5.56 Å². The van der Waals surface area contributed by atoms with Crippen LogP contribution < -0.4 is 5.32 Å². The molecule has 122 valence electrons. The molecule has 0 spiro atoms. The number of benzene rings is 1. The first-order valence-electron chi connectivity index (χ1n) is 6.96. The van der Waals surface area contributed by atoms with Gasteiger partial charge in [-0.05, 0) is 38.5 Å².